The van der Waals surface area contributed by atoms with Gasteiger partial charge in [0.25, 0.3) is 0 Å². The molecule has 138 valence electrons. The van der Waals surface area contributed by atoms with Crippen molar-refractivity contribution in [3.63, 3.8) is 0 Å². The molecule has 2 amide bonds. The molecule has 0 spiro atoms. The second-order valence-corrected chi connectivity index (χ2v) is 7.78. The lowest BCUT2D eigenvalue weighted by Gasteiger charge is -2.26. The molecule has 2 heterocycles. The Labute approximate surface area is 165 Å². The molecule has 0 unspecified atom stereocenters. The molecule has 6 heteroatoms. The molecule has 3 aromatic rings. The van der Waals surface area contributed by atoms with Gasteiger partial charge in [-0.15, -0.1) is 0 Å². The molecule has 27 heavy (non-hydrogen) atoms. The Balaban J connectivity index is 1.63. The van der Waals surface area contributed by atoms with Crippen molar-refractivity contribution in [3.05, 3.63) is 70.3 Å². The van der Waals surface area contributed by atoms with Crippen LogP contribution in [0, 0.1) is 0 Å². The number of hydrogen-bond donors (Lipinski definition) is 1. The number of quaternary nitrogens is 1. The maximum atomic E-state index is 13.4. The van der Waals surface area contributed by atoms with Crippen LogP contribution < -0.4 is 0 Å². The van der Waals surface area contributed by atoms with Gasteiger partial charge < -0.3 is 9.72 Å². The largest absolute Gasteiger partial charge is 0.524 e. The van der Waals surface area contributed by atoms with Crippen LogP contribution in [0.2, 0.25) is 0 Å². The number of benzene rings is 2. The van der Waals surface area contributed by atoms with Crippen LogP contribution in [0.5, 0.6) is 0 Å². The van der Waals surface area contributed by atoms with E-state index in [1.54, 1.807) is 6.20 Å². The number of ether oxygens (including phenoxy) is 1. The number of aromatic nitrogens is 1. The van der Waals surface area contributed by atoms with Crippen LogP contribution >= 0.6 is 15.9 Å². The quantitative estimate of drug-likeness (QED) is 0.597. The molecule has 0 saturated carbocycles. The summed E-state index contributed by atoms with van der Waals surface area (Å²) in [5.41, 5.74) is 2.31. The number of fused-ring (bicyclic) bond motifs is 1. The summed E-state index contributed by atoms with van der Waals surface area (Å²) in [7, 11) is 0. The summed E-state index contributed by atoms with van der Waals surface area (Å²) >= 11 is 3.46. The third-order valence-corrected chi connectivity index (χ3v) is 5.64. The lowest BCUT2D eigenvalue weighted by Crippen LogP contribution is -2.55. The lowest BCUT2D eigenvalue weighted by molar-refractivity contribution is -0.762. The number of carbonyl (C=O) groups is 2. The van der Waals surface area contributed by atoms with Crippen LogP contribution in [0.4, 0.5) is 4.79 Å². The minimum Gasteiger partial charge on any atom is -0.415 e. The van der Waals surface area contributed by atoms with E-state index < -0.39 is 6.09 Å². The highest BCUT2D eigenvalue weighted by Crippen LogP contribution is 2.30. The minimum absolute atomic E-state index is 0.173. The van der Waals surface area contributed by atoms with Gasteiger partial charge in [-0.25, -0.2) is 4.79 Å². The van der Waals surface area contributed by atoms with E-state index in [2.05, 4.69) is 20.9 Å². The number of nitrogens with zero attached hydrogens (tertiary/aromatic N) is 1. The van der Waals surface area contributed by atoms with Crippen molar-refractivity contribution in [1.82, 2.24) is 4.98 Å². The number of halogens is 1. The van der Waals surface area contributed by atoms with E-state index in [0.717, 1.165) is 33.8 Å². The predicted molar refractivity (Wildman–Crippen MR) is 106 cm³/mol. The lowest BCUT2D eigenvalue weighted by atomic mass is 10.1. The number of nitrogens with one attached hydrogen (secondary N) is 1. The second kappa shape index (κ2) is 7.29. The van der Waals surface area contributed by atoms with Crippen LogP contribution in [0.15, 0.2) is 59.2 Å². The number of amides is 2. The van der Waals surface area contributed by atoms with Gasteiger partial charge in [0.05, 0.1) is 13.1 Å². The number of imide groups is 1. The van der Waals surface area contributed by atoms with Gasteiger partial charge in [-0.3, -0.25) is 0 Å². The van der Waals surface area contributed by atoms with Crippen molar-refractivity contribution in [2.75, 3.05) is 13.1 Å². The first kappa shape index (κ1) is 17.9. The Morgan fingerprint density at radius 1 is 1.07 bits per heavy atom. The Morgan fingerprint density at radius 2 is 1.81 bits per heavy atom. The maximum absolute atomic E-state index is 13.4. The molecule has 2 aromatic carbocycles. The van der Waals surface area contributed by atoms with Gasteiger partial charge in [0.1, 0.15) is 12.2 Å². The van der Waals surface area contributed by atoms with Gasteiger partial charge in [0.15, 0.2) is 0 Å². The fourth-order valence-corrected chi connectivity index (χ4v) is 4.05. The Bertz CT molecular complexity index is 991. The summed E-state index contributed by atoms with van der Waals surface area (Å²) in [4.78, 5) is 29.6. The van der Waals surface area contributed by atoms with E-state index in [0.29, 0.717) is 18.7 Å². The van der Waals surface area contributed by atoms with Gasteiger partial charge >= 0.3 is 12.0 Å². The summed E-state index contributed by atoms with van der Waals surface area (Å²) in [6.07, 6.45) is 2.89. The zero-order valence-electron chi connectivity index (χ0n) is 14.8. The highest BCUT2D eigenvalue weighted by molar-refractivity contribution is 9.10. The molecule has 4 rings (SSSR count). The van der Waals surface area contributed by atoms with E-state index in [1.165, 1.54) is 0 Å². The van der Waals surface area contributed by atoms with Crippen molar-refractivity contribution >= 4 is 38.8 Å². The number of rotatable bonds is 3. The summed E-state index contributed by atoms with van der Waals surface area (Å²) in [5, 5.41) is 0.814. The van der Waals surface area contributed by atoms with E-state index >= 15 is 0 Å². The number of aromatic amines is 1. The molecule has 0 aliphatic carbocycles. The Kier molecular flexibility index (Phi) is 4.85. The van der Waals surface area contributed by atoms with Gasteiger partial charge in [0.2, 0.25) is 0 Å². The van der Waals surface area contributed by atoms with E-state index in [-0.39, 0.29) is 17.0 Å². The van der Waals surface area contributed by atoms with Crippen LogP contribution in [-0.2, 0) is 11.3 Å². The predicted octanol–water partition coefficient (Wildman–Crippen LogP) is 5.02. The molecule has 1 N–H and O–H groups in total. The van der Waals surface area contributed by atoms with Gasteiger partial charge in [-0.2, -0.15) is 9.28 Å². The van der Waals surface area contributed by atoms with Crippen LogP contribution in [-0.4, -0.2) is 34.6 Å². The van der Waals surface area contributed by atoms with Gasteiger partial charge in [-0.05, 0) is 23.8 Å². The standard InChI is InChI=1S/C21H19BrN2O3/c22-16-8-9-19-17(12-16)18(13-23-19)20(25)24(10-4-5-11-24)21(26)27-14-15-6-2-1-3-7-15/h1-3,6-9,12-13H,4-5,10-11,14H2/p+1. The average Bonchev–Trinajstić information content (AvgIpc) is 3.34. The molecule has 1 fully saturated rings. The van der Waals surface area contributed by atoms with Crippen molar-refractivity contribution in [2.45, 2.75) is 19.4 Å². The van der Waals surface area contributed by atoms with Crippen molar-refractivity contribution in [1.29, 1.82) is 0 Å². The fraction of sp³-hybridized carbons (Fsp3) is 0.238. The van der Waals surface area contributed by atoms with Crippen molar-refractivity contribution in [2.24, 2.45) is 0 Å². The summed E-state index contributed by atoms with van der Waals surface area (Å²) in [5.74, 6) is -0.199. The molecule has 1 saturated heterocycles. The highest BCUT2D eigenvalue weighted by atomic mass is 79.9. The molecule has 1 aromatic heterocycles. The van der Waals surface area contributed by atoms with Gasteiger partial charge in [-0.1, -0.05) is 46.3 Å². The fourth-order valence-electron chi connectivity index (χ4n) is 3.69. The van der Waals surface area contributed by atoms with E-state index in [1.807, 2.05) is 48.5 Å². The van der Waals surface area contributed by atoms with Crippen molar-refractivity contribution in [3.8, 4) is 0 Å². The maximum Gasteiger partial charge on any atom is 0.524 e. The first-order chi connectivity index (χ1) is 13.1. The Hall–Kier alpha value is -2.44. The molecular formula is C21H20BrN2O3+. The summed E-state index contributed by atoms with van der Waals surface area (Å²) < 4.78 is 6.18. The van der Waals surface area contributed by atoms with Gasteiger partial charge in [0, 0.05) is 34.4 Å². The zero-order valence-corrected chi connectivity index (χ0v) is 16.4. The topological polar surface area (TPSA) is 59.2 Å². The molecule has 5 nitrogen and oxygen atoms in total. The zero-order chi connectivity index (χ0) is 18.9. The first-order valence-electron chi connectivity index (χ1n) is 9.00. The van der Waals surface area contributed by atoms with Crippen molar-refractivity contribution < 1.29 is 18.8 Å². The molecule has 1 aliphatic heterocycles. The van der Waals surface area contributed by atoms with E-state index in [9.17, 15) is 9.59 Å². The average molecular weight is 428 g/mol. The number of likely N-dealkylation sites (tertiary alicyclic amines) is 1. The summed E-state index contributed by atoms with van der Waals surface area (Å²) in [6.45, 7) is 1.13. The number of hydrogen-bond acceptors (Lipinski definition) is 3. The monoisotopic (exact) mass is 427 g/mol. The van der Waals surface area contributed by atoms with Crippen LogP contribution in [0.3, 0.4) is 0 Å². The number of H-pyrrole nitrogens is 1. The minimum atomic E-state index is -0.467. The molecular weight excluding hydrogens is 408 g/mol. The third kappa shape index (κ3) is 3.31. The highest BCUT2D eigenvalue weighted by Gasteiger charge is 2.50. The van der Waals surface area contributed by atoms with E-state index in [4.69, 9.17) is 4.74 Å². The molecule has 1 aliphatic rings. The SMILES string of the molecule is O=C(OCc1ccccc1)[N+]1(C(=O)c2c[nH]c3ccc(Br)cc23)CCCC1. The normalized spacial score (nSPS) is 15.7. The first-order valence-corrected chi connectivity index (χ1v) is 9.79. The molecule has 0 bridgehead atoms. The second-order valence-electron chi connectivity index (χ2n) is 6.86. The molecule has 0 atom stereocenters. The van der Waals surface area contributed by atoms with Crippen LogP contribution in [0.25, 0.3) is 10.9 Å². The smallest absolute Gasteiger partial charge is 0.415 e. The summed E-state index contributed by atoms with van der Waals surface area (Å²) in [6, 6.07) is 15.3. The third-order valence-electron chi connectivity index (χ3n) is 5.15. The van der Waals surface area contributed by atoms with Crippen LogP contribution in [0.1, 0.15) is 28.8 Å². The number of carbonyl (C=O) groups excluding carboxylic acids is 2. The Morgan fingerprint density at radius 3 is 2.56 bits per heavy atom. The molecule has 0 radical (unpaired) electrons.